The number of hydrogen-bond acceptors (Lipinski definition) is 5. The second kappa shape index (κ2) is 5.10. The topological polar surface area (TPSA) is 78.0 Å². The minimum Gasteiger partial charge on any atom is -0.358 e. The van der Waals surface area contributed by atoms with E-state index >= 15 is 0 Å². The maximum Gasteiger partial charge on any atom is 0.392 e. The molecular formula is C11H10ClN3O3S. The van der Waals surface area contributed by atoms with Crippen LogP contribution in [0.4, 0.5) is 5.82 Å². The van der Waals surface area contributed by atoms with Crippen LogP contribution in [0.25, 0.3) is 0 Å². The zero-order chi connectivity index (χ0) is 14.2. The second-order valence-corrected chi connectivity index (χ2v) is 5.73. The molecule has 0 aromatic carbocycles. The number of aryl methyl sites for hydroxylation is 1. The van der Waals surface area contributed by atoms with Crippen molar-refractivity contribution in [2.24, 2.45) is 0 Å². The van der Waals surface area contributed by atoms with Crippen molar-refractivity contribution in [3.63, 3.8) is 0 Å². The van der Waals surface area contributed by atoms with Crippen molar-refractivity contribution in [1.82, 2.24) is 9.78 Å². The van der Waals surface area contributed by atoms with Crippen molar-refractivity contribution in [3.8, 4) is 0 Å². The summed E-state index contributed by atoms with van der Waals surface area (Å²) in [6, 6.07) is 2.67. The second-order valence-electron chi connectivity index (χ2n) is 4.02. The Kier molecular flexibility index (Phi) is 3.68. The third-order valence-electron chi connectivity index (χ3n) is 2.65. The van der Waals surface area contributed by atoms with Gasteiger partial charge in [-0.3, -0.25) is 4.79 Å². The average molecular weight is 300 g/mol. The Labute approximate surface area is 117 Å². The van der Waals surface area contributed by atoms with E-state index in [1.165, 1.54) is 22.2 Å². The molecular weight excluding hydrogens is 290 g/mol. The SMILES string of the molecule is Cc1cn(C(C)C(=O)c2ccc(Cl)s2)nc1[N+](=O)[O-]. The molecule has 2 aromatic heterocycles. The predicted molar refractivity (Wildman–Crippen MR) is 72.0 cm³/mol. The summed E-state index contributed by atoms with van der Waals surface area (Å²) in [5.41, 5.74) is 0.425. The molecule has 2 heterocycles. The van der Waals surface area contributed by atoms with Gasteiger partial charge in [0.15, 0.2) is 5.78 Å². The lowest BCUT2D eigenvalue weighted by Gasteiger charge is -2.05. The number of rotatable bonds is 4. The monoisotopic (exact) mass is 299 g/mol. The van der Waals surface area contributed by atoms with Gasteiger partial charge in [-0.2, -0.15) is 4.68 Å². The lowest BCUT2D eigenvalue weighted by atomic mass is 10.2. The number of hydrogen-bond donors (Lipinski definition) is 0. The van der Waals surface area contributed by atoms with Crippen molar-refractivity contribution in [2.45, 2.75) is 19.9 Å². The summed E-state index contributed by atoms with van der Waals surface area (Å²) in [4.78, 5) is 22.8. The third kappa shape index (κ3) is 2.66. The van der Waals surface area contributed by atoms with Crippen LogP contribution in [0.15, 0.2) is 18.3 Å². The van der Waals surface area contributed by atoms with Gasteiger partial charge >= 0.3 is 5.82 Å². The number of carbonyl (C=O) groups is 1. The summed E-state index contributed by atoms with van der Waals surface area (Å²) < 4.78 is 1.84. The molecule has 100 valence electrons. The molecule has 1 unspecified atom stereocenters. The summed E-state index contributed by atoms with van der Waals surface area (Å²) in [6.07, 6.45) is 1.50. The molecule has 0 spiro atoms. The average Bonchev–Trinajstić information content (AvgIpc) is 2.93. The van der Waals surface area contributed by atoms with Gasteiger partial charge in [-0.05, 0) is 30.9 Å². The summed E-state index contributed by atoms with van der Waals surface area (Å²) in [6.45, 7) is 3.23. The van der Waals surface area contributed by atoms with Gasteiger partial charge in [0.1, 0.15) is 6.04 Å². The van der Waals surface area contributed by atoms with E-state index in [4.69, 9.17) is 11.6 Å². The molecule has 0 fully saturated rings. The number of halogens is 1. The molecule has 0 radical (unpaired) electrons. The largest absolute Gasteiger partial charge is 0.392 e. The van der Waals surface area contributed by atoms with Gasteiger partial charge in [-0.25, -0.2) is 0 Å². The van der Waals surface area contributed by atoms with Gasteiger partial charge in [0.2, 0.25) is 0 Å². The maximum absolute atomic E-state index is 12.2. The first-order valence-corrected chi connectivity index (χ1v) is 6.59. The number of aromatic nitrogens is 2. The Balaban J connectivity index is 2.29. The molecule has 0 aliphatic rings. The fourth-order valence-electron chi connectivity index (χ4n) is 1.62. The summed E-state index contributed by atoms with van der Waals surface area (Å²) in [5, 5.41) is 14.6. The molecule has 6 nitrogen and oxygen atoms in total. The van der Waals surface area contributed by atoms with Crippen LogP contribution >= 0.6 is 22.9 Å². The first-order chi connectivity index (χ1) is 8.90. The summed E-state index contributed by atoms with van der Waals surface area (Å²) in [5.74, 6) is -0.404. The molecule has 0 aliphatic heterocycles. The van der Waals surface area contributed by atoms with Gasteiger partial charge in [-0.1, -0.05) is 11.6 Å². The molecule has 0 saturated heterocycles. The normalized spacial score (nSPS) is 12.4. The van der Waals surface area contributed by atoms with Gasteiger partial charge < -0.3 is 10.1 Å². The molecule has 19 heavy (non-hydrogen) atoms. The van der Waals surface area contributed by atoms with Crippen LogP contribution in [-0.4, -0.2) is 20.5 Å². The van der Waals surface area contributed by atoms with Gasteiger partial charge in [0.05, 0.1) is 26.1 Å². The van der Waals surface area contributed by atoms with Gasteiger partial charge in [0.25, 0.3) is 0 Å². The molecule has 0 N–H and O–H groups in total. The first-order valence-electron chi connectivity index (χ1n) is 5.40. The smallest absolute Gasteiger partial charge is 0.358 e. The molecule has 8 heteroatoms. The molecule has 1 atom stereocenters. The van der Waals surface area contributed by atoms with E-state index in [1.54, 1.807) is 26.0 Å². The standard InChI is InChI=1S/C11H10ClN3O3S/c1-6-5-14(13-11(6)15(17)18)7(2)10(16)8-3-4-9(12)19-8/h3-5,7H,1-2H3. The molecule has 0 saturated carbocycles. The molecule has 0 amide bonds. The molecule has 0 aliphatic carbocycles. The zero-order valence-electron chi connectivity index (χ0n) is 10.2. The van der Waals surface area contributed by atoms with E-state index in [9.17, 15) is 14.9 Å². The van der Waals surface area contributed by atoms with Crippen LogP contribution in [-0.2, 0) is 0 Å². The minimum atomic E-state index is -0.609. The summed E-state index contributed by atoms with van der Waals surface area (Å²) in [7, 11) is 0. The zero-order valence-corrected chi connectivity index (χ0v) is 11.7. The van der Waals surface area contributed by atoms with Crippen LogP contribution in [0, 0.1) is 17.0 Å². The molecule has 2 rings (SSSR count). The van der Waals surface area contributed by atoms with E-state index in [2.05, 4.69) is 5.10 Å². The predicted octanol–water partition coefficient (Wildman–Crippen LogP) is 3.26. The van der Waals surface area contributed by atoms with Crippen LogP contribution in [0.1, 0.15) is 28.2 Å². The quantitative estimate of drug-likeness (QED) is 0.493. The Morgan fingerprint density at radius 1 is 1.58 bits per heavy atom. The van der Waals surface area contributed by atoms with Crippen LogP contribution < -0.4 is 0 Å². The van der Waals surface area contributed by atoms with Crippen LogP contribution in [0.2, 0.25) is 4.34 Å². The van der Waals surface area contributed by atoms with E-state index < -0.39 is 11.0 Å². The highest BCUT2D eigenvalue weighted by molar-refractivity contribution is 7.18. The number of Topliss-reactive ketones (excluding diaryl/α,β-unsaturated/α-hetero) is 1. The highest BCUT2D eigenvalue weighted by Crippen LogP contribution is 2.26. The highest BCUT2D eigenvalue weighted by Gasteiger charge is 2.25. The number of nitrogens with zero attached hydrogens (tertiary/aromatic N) is 3. The van der Waals surface area contributed by atoms with Crippen molar-refractivity contribution in [1.29, 1.82) is 0 Å². The number of thiophene rings is 1. The van der Waals surface area contributed by atoms with Crippen molar-refractivity contribution in [2.75, 3.05) is 0 Å². The Bertz CT molecular complexity index is 649. The van der Waals surface area contributed by atoms with Crippen molar-refractivity contribution in [3.05, 3.63) is 43.2 Å². The van der Waals surface area contributed by atoms with E-state index in [1.807, 2.05) is 0 Å². The fourth-order valence-corrected chi connectivity index (χ4v) is 2.69. The Morgan fingerprint density at radius 3 is 2.74 bits per heavy atom. The summed E-state index contributed by atoms with van der Waals surface area (Å²) >= 11 is 6.96. The molecule has 0 bridgehead atoms. The maximum atomic E-state index is 12.2. The first kappa shape index (κ1) is 13.7. The number of carbonyl (C=O) groups excluding carboxylic acids is 1. The lowest BCUT2D eigenvalue weighted by Crippen LogP contribution is -2.16. The van der Waals surface area contributed by atoms with E-state index in [-0.39, 0.29) is 11.6 Å². The Hall–Kier alpha value is -1.73. The minimum absolute atomic E-state index is 0.172. The van der Waals surface area contributed by atoms with Crippen molar-refractivity contribution >= 4 is 34.5 Å². The Morgan fingerprint density at radius 2 is 2.26 bits per heavy atom. The number of nitro groups is 1. The van der Waals surface area contributed by atoms with E-state index in [0.29, 0.717) is 14.8 Å². The highest BCUT2D eigenvalue weighted by atomic mass is 35.5. The number of ketones is 1. The van der Waals surface area contributed by atoms with Gasteiger partial charge in [0, 0.05) is 0 Å². The van der Waals surface area contributed by atoms with Crippen LogP contribution in [0.3, 0.4) is 0 Å². The van der Waals surface area contributed by atoms with E-state index in [0.717, 1.165) is 0 Å². The molecule has 2 aromatic rings. The fraction of sp³-hybridized carbons (Fsp3) is 0.273. The third-order valence-corrected chi connectivity index (χ3v) is 3.90. The van der Waals surface area contributed by atoms with Crippen LogP contribution in [0.5, 0.6) is 0 Å². The van der Waals surface area contributed by atoms with Gasteiger partial charge in [-0.15, -0.1) is 11.3 Å². The van der Waals surface area contributed by atoms with Crippen molar-refractivity contribution < 1.29 is 9.72 Å². The lowest BCUT2D eigenvalue weighted by molar-refractivity contribution is -0.390.